The Hall–Kier alpha value is -0.120. The van der Waals surface area contributed by atoms with Gasteiger partial charge in [-0.1, -0.05) is 0 Å². The summed E-state index contributed by atoms with van der Waals surface area (Å²) in [7, 11) is 1.80. The fourth-order valence-corrected chi connectivity index (χ4v) is 2.96. The molecular weight excluding hydrogens is 200 g/mol. The van der Waals surface area contributed by atoms with Crippen molar-refractivity contribution in [2.24, 2.45) is 5.92 Å². The standard InChI is InChI=1S/C13H26N2O/c1-12(2,10-16-4)15-8-7-14-13(3,9-15)11-5-6-11/h11,14H,5-10H2,1-4H3. The van der Waals surface area contributed by atoms with Gasteiger partial charge in [-0.25, -0.2) is 0 Å². The molecule has 1 aliphatic carbocycles. The first-order valence-electron chi connectivity index (χ1n) is 6.47. The van der Waals surface area contributed by atoms with E-state index in [2.05, 4.69) is 31.0 Å². The average Bonchev–Trinajstić information content (AvgIpc) is 3.01. The highest BCUT2D eigenvalue weighted by molar-refractivity contribution is 5.04. The zero-order valence-corrected chi connectivity index (χ0v) is 11.2. The molecule has 0 aromatic rings. The van der Waals surface area contributed by atoms with Crippen LogP contribution in [0.1, 0.15) is 33.6 Å². The summed E-state index contributed by atoms with van der Waals surface area (Å²) in [5, 5.41) is 3.72. The molecule has 16 heavy (non-hydrogen) atoms. The maximum Gasteiger partial charge on any atom is 0.0641 e. The first-order valence-corrected chi connectivity index (χ1v) is 6.47. The molecule has 1 unspecified atom stereocenters. The van der Waals surface area contributed by atoms with Crippen LogP contribution in [-0.2, 0) is 4.74 Å². The molecule has 0 amide bonds. The van der Waals surface area contributed by atoms with Gasteiger partial charge in [-0.15, -0.1) is 0 Å². The second-order valence-corrected chi connectivity index (χ2v) is 6.29. The lowest BCUT2D eigenvalue weighted by Crippen LogP contribution is -2.65. The van der Waals surface area contributed by atoms with Gasteiger partial charge in [0.15, 0.2) is 0 Å². The lowest BCUT2D eigenvalue weighted by atomic mass is 9.90. The van der Waals surface area contributed by atoms with E-state index < -0.39 is 0 Å². The van der Waals surface area contributed by atoms with E-state index in [9.17, 15) is 0 Å². The van der Waals surface area contributed by atoms with Crippen molar-refractivity contribution in [3.63, 3.8) is 0 Å². The van der Waals surface area contributed by atoms with E-state index in [-0.39, 0.29) is 5.54 Å². The largest absolute Gasteiger partial charge is 0.383 e. The van der Waals surface area contributed by atoms with Crippen LogP contribution in [0, 0.1) is 5.92 Å². The summed E-state index contributed by atoms with van der Waals surface area (Å²) in [6, 6.07) is 0. The zero-order valence-electron chi connectivity index (χ0n) is 11.2. The predicted octanol–water partition coefficient (Wildman–Crippen LogP) is 1.49. The molecule has 1 saturated carbocycles. The van der Waals surface area contributed by atoms with Gasteiger partial charge >= 0.3 is 0 Å². The third-order valence-electron chi connectivity index (χ3n) is 4.26. The maximum atomic E-state index is 5.34. The zero-order chi connectivity index (χ0) is 11.8. The Balaban J connectivity index is 2.00. The molecule has 1 heterocycles. The Morgan fingerprint density at radius 2 is 2.12 bits per heavy atom. The van der Waals surface area contributed by atoms with Crippen LogP contribution < -0.4 is 5.32 Å². The van der Waals surface area contributed by atoms with Crippen molar-refractivity contribution in [2.75, 3.05) is 33.4 Å². The molecule has 2 rings (SSSR count). The molecule has 3 heteroatoms. The Kier molecular flexibility index (Phi) is 3.30. The second kappa shape index (κ2) is 4.28. The third kappa shape index (κ3) is 2.41. The molecule has 1 atom stereocenters. The number of methoxy groups -OCH3 is 1. The molecule has 0 aromatic carbocycles. The van der Waals surface area contributed by atoms with E-state index in [1.165, 1.54) is 12.8 Å². The lowest BCUT2D eigenvalue weighted by molar-refractivity contribution is -0.00440. The fraction of sp³-hybridized carbons (Fsp3) is 1.00. The number of nitrogens with zero attached hydrogens (tertiary/aromatic N) is 1. The summed E-state index contributed by atoms with van der Waals surface area (Å²) in [6.45, 7) is 11.2. The number of ether oxygens (including phenoxy) is 1. The second-order valence-electron chi connectivity index (χ2n) is 6.29. The van der Waals surface area contributed by atoms with Gasteiger partial charge in [0.05, 0.1) is 6.61 Å². The first kappa shape index (κ1) is 12.3. The minimum atomic E-state index is 0.160. The normalized spacial score (nSPS) is 33.0. The van der Waals surface area contributed by atoms with Gasteiger partial charge in [-0.3, -0.25) is 4.90 Å². The molecule has 0 spiro atoms. The summed E-state index contributed by atoms with van der Waals surface area (Å²) < 4.78 is 5.34. The number of rotatable bonds is 4. The molecule has 2 aliphatic rings. The smallest absolute Gasteiger partial charge is 0.0641 e. The van der Waals surface area contributed by atoms with Crippen molar-refractivity contribution in [1.82, 2.24) is 10.2 Å². The number of hydrogen-bond acceptors (Lipinski definition) is 3. The SMILES string of the molecule is COCC(C)(C)N1CCNC(C)(C2CC2)C1. The summed E-state index contributed by atoms with van der Waals surface area (Å²) in [4.78, 5) is 2.59. The minimum Gasteiger partial charge on any atom is -0.383 e. The van der Waals surface area contributed by atoms with E-state index in [4.69, 9.17) is 4.74 Å². The Labute approximate surface area is 99.5 Å². The quantitative estimate of drug-likeness (QED) is 0.786. The van der Waals surface area contributed by atoms with Crippen LogP contribution >= 0.6 is 0 Å². The van der Waals surface area contributed by atoms with Crippen LogP contribution in [0.2, 0.25) is 0 Å². The van der Waals surface area contributed by atoms with E-state index in [0.29, 0.717) is 5.54 Å². The van der Waals surface area contributed by atoms with Crippen molar-refractivity contribution < 1.29 is 4.74 Å². The minimum absolute atomic E-state index is 0.160. The number of hydrogen-bond donors (Lipinski definition) is 1. The van der Waals surface area contributed by atoms with Gasteiger partial charge in [0, 0.05) is 37.8 Å². The van der Waals surface area contributed by atoms with Crippen molar-refractivity contribution in [3.05, 3.63) is 0 Å². The molecule has 0 aromatic heterocycles. The van der Waals surface area contributed by atoms with Gasteiger partial charge < -0.3 is 10.1 Å². The van der Waals surface area contributed by atoms with Gasteiger partial charge in [0.2, 0.25) is 0 Å². The number of piperazine rings is 1. The molecule has 1 saturated heterocycles. The van der Waals surface area contributed by atoms with Gasteiger partial charge in [-0.2, -0.15) is 0 Å². The first-order chi connectivity index (χ1) is 7.48. The summed E-state index contributed by atoms with van der Waals surface area (Å²) in [5.41, 5.74) is 0.496. The van der Waals surface area contributed by atoms with Crippen molar-refractivity contribution >= 4 is 0 Å². The van der Waals surface area contributed by atoms with Gasteiger partial charge in [0.1, 0.15) is 0 Å². The monoisotopic (exact) mass is 226 g/mol. The number of nitrogens with one attached hydrogen (secondary N) is 1. The van der Waals surface area contributed by atoms with Crippen LogP contribution in [0.15, 0.2) is 0 Å². The lowest BCUT2D eigenvalue weighted by Gasteiger charge is -2.48. The van der Waals surface area contributed by atoms with Crippen LogP contribution in [0.5, 0.6) is 0 Å². The van der Waals surface area contributed by atoms with E-state index >= 15 is 0 Å². The molecule has 3 nitrogen and oxygen atoms in total. The highest BCUT2D eigenvalue weighted by Gasteiger charge is 2.46. The van der Waals surface area contributed by atoms with Crippen LogP contribution in [0.3, 0.4) is 0 Å². The highest BCUT2D eigenvalue weighted by atomic mass is 16.5. The van der Waals surface area contributed by atoms with Gasteiger partial charge in [0.25, 0.3) is 0 Å². The third-order valence-corrected chi connectivity index (χ3v) is 4.26. The van der Waals surface area contributed by atoms with Crippen molar-refractivity contribution in [1.29, 1.82) is 0 Å². The van der Waals surface area contributed by atoms with Crippen molar-refractivity contribution in [3.8, 4) is 0 Å². The highest BCUT2D eigenvalue weighted by Crippen LogP contribution is 2.41. The molecule has 0 radical (unpaired) electrons. The van der Waals surface area contributed by atoms with Gasteiger partial charge in [-0.05, 0) is 39.5 Å². The molecule has 2 fully saturated rings. The molecule has 1 N–H and O–H groups in total. The molecular formula is C13H26N2O. The van der Waals surface area contributed by atoms with Crippen LogP contribution in [-0.4, -0.2) is 49.3 Å². The Bertz CT molecular complexity index is 250. The molecule has 1 aliphatic heterocycles. The van der Waals surface area contributed by atoms with Crippen LogP contribution in [0.25, 0.3) is 0 Å². The summed E-state index contributed by atoms with van der Waals surface area (Å²) >= 11 is 0. The van der Waals surface area contributed by atoms with E-state index in [1.807, 2.05) is 0 Å². The topological polar surface area (TPSA) is 24.5 Å². The fourth-order valence-electron chi connectivity index (χ4n) is 2.96. The summed E-state index contributed by atoms with van der Waals surface area (Å²) in [5.74, 6) is 0.897. The van der Waals surface area contributed by atoms with Crippen LogP contribution in [0.4, 0.5) is 0 Å². The van der Waals surface area contributed by atoms with Crippen molar-refractivity contribution in [2.45, 2.75) is 44.7 Å². The summed E-state index contributed by atoms with van der Waals surface area (Å²) in [6.07, 6.45) is 2.81. The maximum absolute atomic E-state index is 5.34. The molecule has 0 bridgehead atoms. The molecule has 94 valence electrons. The Morgan fingerprint density at radius 1 is 1.44 bits per heavy atom. The van der Waals surface area contributed by atoms with E-state index in [0.717, 1.165) is 32.2 Å². The Morgan fingerprint density at radius 3 is 2.69 bits per heavy atom. The average molecular weight is 226 g/mol. The van der Waals surface area contributed by atoms with E-state index in [1.54, 1.807) is 7.11 Å². The predicted molar refractivity (Wildman–Crippen MR) is 66.7 cm³/mol.